The molecule has 0 spiro atoms. The fourth-order valence-electron chi connectivity index (χ4n) is 4.53. The smallest absolute Gasteiger partial charge is 0.326 e. The number of hydrogen-bond donors (Lipinski definition) is 3. The summed E-state index contributed by atoms with van der Waals surface area (Å²) in [5.41, 5.74) is 5.05. The van der Waals surface area contributed by atoms with Crippen LogP contribution in [0.2, 0.25) is 0 Å². The molecule has 1 atom stereocenters. The molecule has 0 saturated carbocycles. The lowest BCUT2D eigenvalue weighted by molar-refractivity contribution is -0.142. The van der Waals surface area contributed by atoms with Gasteiger partial charge >= 0.3 is 5.97 Å². The number of unbranched alkanes of at least 4 members (excludes halogenated alkanes) is 20. The Morgan fingerprint density at radius 2 is 0.943 bits per heavy atom. The average molecular weight is 497 g/mol. The van der Waals surface area contributed by atoms with Crippen molar-refractivity contribution in [2.75, 3.05) is 0 Å². The number of nitrogens with one attached hydrogen (secondary N) is 1. The van der Waals surface area contributed by atoms with Crippen molar-refractivity contribution in [3.8, 4) is 0 Å². The number of amides is 2. The molecule has 0 aromatic heterocycles. The third-order valence-electron chi connectivity index (χ3n) is 6.82. The largest absolute Gasteiger partial charge is 0.480 e. The molecule has 35 heavy (non-hydrogen) atoms. The van der Waals surface area contributed by atoms with E-state index in [1.54, 1.807) is 0 Å². The van der Waals surface area contributed by atoms with E-state index in [0.29, 0.717) is 6.42 Å². The molecule has 0 rings (SSSR count). The number of hydrogen-bond acceptors (Lipinski definition) is 3. The molecule has 206 valence electrons. The number of carbonyl (C=O) groups is 3. The second-order valence-corrected chi connectivity index (χ2v) is 10.3. The Labute approximate surface area is 215 Å². The monoisotopic (exact) mass is 496 g/mol. The minimum atomic E-state index is -1.13. The number of primary amides is 1. The van der Waals surface area contributed by atoms with E-state index in [4.69, 9.17) is 10.8 Å². The molecule has 0 aliphatic carbocycles. The lowest BCUT2D eigenvalue weighted by atomic mass is 10.0. The first-order chi connectivity index (χ1) is 17.0. The van der Waals surface area contributed by atoms with Crippen LogP contribution in [0.3, 0.4) is 0 Å². The summed E-state index contributed by atoms with van der Waals surface area (Å²) in [6, 6.07) is -1.04. The van der Waals surface area contributed by atoms with Crippen LogP contribution in [0.1, 0.15) is 161 Å². The lowest BCUT2D eigenvalue weighted by Gasteiger charge is -2.13. The number of carbonyl (C=O) groups excluding carboxylic acids is 2. The number of rotatable bonds is 27. The van der Waals surface area contributed by atoms with Crippen LogP contribution in [0.15, 0.2) is 0 Å². The molecule has 0 radical (unpaired) electrons. The summed E-state index contributed by atoms with van der Waals surface area (Å²) in [7, 11) is 0. The second-order valence-electron chi connectivity index (χ2n) is 10.3. The Morgan fingerprint density at radius 1 is 0.600 bits per heavy atom. The van der Waals surface area contributed by atoms with E-state index in [0.717, 1.165) is 19.3 Å². The van der Waals surface area contributed by atoms with Crippen molar-refractivity contribution in [1.29, 1.82) is 0 Å². The van der Waals surface area contributed by atoms with Crippen LogP contribution in [0.25, 0.3) is 0 Å². The number of carboxylic acid groups (broad SMARTS) is 1. The second kappa shape index (κ2) is 25.5. The molecule has 0 unspecified atom stereocenters. The van der Waals surface area contributed by atoms with E-state index in [-0.39, 0.29) is 18.7 Å². The predicted molar refractivity (Wildman–Crippen MR) is 145 cm³/mol. The van der Waals surface area contributed by atoms with Crippen molar-refractivity contribution < 1.29 is 19.5 Å². The number of aliphatic carboxylic acids is 1. The average Bonchev–Trinajstić information content (AvgIpc) is 2.82. The first kappa shape index (κ1) is 33.4. The van der Waals surface area contributed by atoms with Crippen molar-refractivity contribution in [3.05, 3.63) is 0 Å². The quantitative estimate of drug-likeness (QED) is 0.103. The summed E-state index contributed by atoms with van der Waals surface area (Å²) in [4.78, 5) is 33.9. The first-order valence-corrected chi connectivity index (χ1v) is 14.8. The summed E-state index contributed by atoms with van der Waals surface area (Å²) in [5, 5.41) is 11.6. The van der Waals surface area contributed by atoms with Crippen molar-refractivity contribution in [2.45, 2.75) is 167 Å². The van der Waals surface area contributed by atoms with Crippen LogP contribution in [0, 0.1) is 0 Å². The van der Waals surface area contributed by atoms with Crippen LogP contribution in [-0.4, -0.2) is 28.9 Å². The van der Waals surface area contributed by atoms with Crippen LogP contribution >= 0.6 is 0 Å². The zero-order valence-electron chi connectivity index (χ0n) is 22.8. The Bertz CT molecular complexity index is 525. The predicted octanol–water partition coefficient (Wildman–Crippen LogP) is 7.42. The number of nitrogens with two attached hydrogens (primary N) is 1. The zero-order valence-corrected chi connectivity index (χ0v) is 22.8. The van der Waals surface area contributed by atoms with Gasteiger partial charge in [-0.05, 0) is 12.8 Å². The van der Waals surface area contributed by atoms with Gasteiger partial charge in [0.05, 0.1) is 0 Å². The topological polar surface area (TPSA) is 109 Å². The molecule has 4 N–H and O–H groups in total. The van der Waals surface area contributed by atoms with E-state index in [9.17, 15) is 14.4 Å². The van der Waals surface area contributed by atoms with Crippen molar-refractivity contribution in [3.63, 3.8) is 0 Å². The Morgan fingerprint density at radius 3 is 1.26 bits per heavy atom. The van der Waals surface area contributed by atoms with Crippen molar-refractivity contribution in [1.82, 2.24) is 5.32 Å². The molecule has 0 aliphatic heterocycles. The highest BCUT2D eigenvalue weighted by molar-refractivity contribution is 5.84. The Balaban J connectivity index is 3.33. The SMILES string of the molecule is CCCCCCCCCCCCCCCCCCCCCCCC(=O)N[C@@H](CCC(N)=O)C(=O)O. The minimum absolute atomic E-state index is 0.0374. The summed E-state index contributed by atoms with van der Waals surface area (Å²) in [6.45, 7) is 2.28. The molecule has 0 bridgehead atoms. The third-order valence-corrected chi connectivity index (χ3v) is 6.82. The van der Waals surface area contributed by atoms with E-state index in [1.165, 1.54) is 116 Å². The van der Waals surface area contributed by atoms with E-state index >= 15 is 0 Å². The van der Waals surface area contributed by atoms with Gasteiger partial charge in [-0.3, -0.25) is 9.59 Å². The molecule has 0 fully saturated rings. The minimum Gasteiger partial charge on any atom is -0.480 e. The van der Waals surface area contributed by atoms with Gasteiger partial charge in [0, 0.05) is 12.8 Å². The van der Waals surface area contributed by atoms with Crippen molar-refractivity contribution >= 4 is 17.8 Å². The molecule has 0 aliphatic rings. The van der Waals surface area contributed by atoms with Crippen LogP contribution in [0.4, 0.5) is 0 Å². The lowest BCUT2D eigenvalue weighted by Crippen LogP contribution is -2.41. The van der Waals surface area contributed by atoms with Gasteiger partial charge in [0.2, 0.25) is 11.8 Å². The third kappa shape index (κ3) is 25.3. The molecular formula is C29H56N2O4. The number of carboxylic acids is 1. The van der Waals surface area contributed by atoms with Gasteiger partial charge in [-0.15, -0.1) is 0 Å². The molecular weight excluding hydrogens is 440 g/mol. The summed E-state index contributed by atoms with van der Waals surface area (Å²) in [6.07, 6.45) is 28.0. The van der Waals surface area contributed by atoms with Gasteiger partial charge in [0.1, 0.15) is 6.04 Å². The van der Waals surface area contributed by atoms with Crippen LogP contribution < -0.4 is 11.1 Å². The van der Waals surface area contributed by atoms with Crippen LogP contribution in [0.5, 0.6) is 0 Å². The Hall–Kier alpha value is -1.59. The van der Waals surface area contributed by atoms with Gasteiger partial charge < -0.3 is 16.2 Å². The Kier molecular flexibility index (Phi) is 24.3. The maximum atomic E-state index is 11.9. The van der Waals surface area contributed by atoms with Gasteiger partial charge in [-0.1, -0.05) is 135 Å². The summed E-state index contributed by atoms with van der Waals surface area (Å²) < 4.78 is 0. The maximum absolute atomic E-state index is 11.9. The van der Waals surface area contributed by atoms with Gasteiger partial charge in [-0.25, -0.2) is 4.79 Å². The van der Waals surface area contributed by atoms with E-state index in [1.807, 2.05) is 0 Å². The van der Waals surface area contributed by atoms with Gasteiger partial charge in [0.15, 0.2) is 0 Å². The molecule has 0 heterocycles. The van der Waals surface area contributed by atoms with E-state index in [2.05, 4.69) is 12.2 Å². The summed E-state index contributed by atoms with van der Waals surface area (Å²) >= 11 is 0. The van der Waals surface area contributed by atoms with Gasteiger partial charge in [0.25, 0.3) is 0 Å². The molecule has 6 heteroatoms. The highest BCUT2D eigenvalue weighted by Crippen LogP contribution is 2.15. The molecule has 0 saturated heterocycles. The fourth-order valence-corrected chi connectivity index (χ4v) is 4.53. The highest BCUT2D eigenvalue weighted by Gasteiger charge is 2.20. The molecule has 6 nitrogen and oxygen atoms in total. The fraction of sp³-hybridized carbons (Fsp3) is 0.897. The highest BCUT2D eigenvalue weighted by atomic mass is 16.4. The first-order valence-electron chi connectivity index (χ1n) is 14.8. The molecule has 0 aromatic carbocycles. The standard InChI is InChI=1S/C29H56N2O4/c1-2-3-4-5-6-7-8-9-10-11-12-13-14-15-16-17-18-19-20-21-22-23-28(33)31-26(29(34)35)24-25-27(30)32/h26H,2-25H2,1H3,(H2,30,32)(H,31,33)(H,34,35)/t26-/m0/s1. The maximum Gasteiger partial charge on any atom is 0.326 e. The molecule has 2 amide bonds. The normalized spacial score (nSPS) is 11.9. The molecule has 0 aromatic rings. The van der Waals surface area contributed by atoms with Crippen LogP contribution in [-0.2, 0) is 14.4 Å². The van der Waals surface area contributed by atoms with Gasteiger partial charge in [-0.2, -0.15) is 0 Å². The summed E-state index contributed by atoms with van der Waals surface area (Å²) in [5.74, 6) is -1.95. The van der Waals surface area contributed by atoms with E-state index < -0.39 is 17.9 Å². The van der Waals surface area contributed by atoms with Crippen molar-refractivity contribution in [2.24, 2.45) is 5.73 Å². The zero-order chi connectivity index (χ0) is 26.0.